The molecule has 0 bridgehead atoms. The van der Waals surface area contributed by atoms with Gasteiger partial charge in [-0.2, -0.15) is 0 Å². The zero-order valence-corrected chi connectivity index (χ0v) is 12.1. The fourth-order valence-corrected chi connectivity index (χ4v) is 1.85. The highest BCUT2D eigenvalue weighted by Gasteiger charge is 2.19. The summed E-state index contributed by atoms with van der Waals surface area (Å²) in [5, 5.41) is 9.58. The first-order valence-corrected chi connectivity index (χ1v) is 6.81. The minimum Gasteiger partial charge on any atom is -0.419 e. The number of alkyl halides is 1. The molecule has 18 heavy (non-hydrogen) atoms. The maximum absolute atomic E-state index is 11.9. The number of hydrogen-bond donors (Lipinski definition) is 1. The summed E-state index contributed by atoms with van der Waals surface area (Å²) in [7, 11) is 0. The Kier molecular flexibility index (Phi) is 6.15. The molecule has 0 spiro atoms. The zero-order chi connectivity index (χ0) is 13.5. The van der Waals surface area contributed by atoms with E-state index in [1.807, 2.05) is 44.2 Å². The number of benzene rings is 1. The number of nitrogens with zero attached hydrogens (tertiary/aromatic N) is 1. The van der Waals surface area contributed by atoms with Crippen molar-refractivity contribution in [1.82, 2.24) is 0 Å². The van der Waals surface area contributed by atoms with E-state index in [0.29, 0.717) is 13.0 Å². The molecule has 0 fully saturated rings. The van der Waals surface area contributed by atoms with Crippen molar-refractivity contribution in [2.45, 2.75) is 31.4 Å². The quantitative estimate of drug-likeness (QED) is 0.671. The number of ether oxygens (including phenoxy) is 1. The van der Waals surface area contributed by atoms with E-state index in [1.54, 1.807) is 0 Å². The molecule has 2 unspecified atom stereocenters. The highest BCUT2D eigenvalue weighted by atomic mass is 79.9. The van der Waals surface area contributed by atoms with Crippen LogP contribution in [-0.4, -0.2) is 28.9 Å². The van der Waals surface area contributed by atoms with Crippen LogP contribution in [0, 0.1) is 0 Å². The van der Waals surface area contributed by atoms with E-state index in [-0.39, 0.29) is 4.83 Å². The normalized spacial score (nSPS) is 13.8. The topological polar surface area (TPSA) is 49.8 Å². The average molecular weight is 316 g/mol. The standard InChI is InChI=1S/C13H18BrNO3/c1-3-15(11-7-5-4-6-8-11)13(17)18-12(16)9-10(2)14/h4-8,10,12,16H,3,9H2,1-2H3. The van der Waals surface area contributed by atoms with Gasteiger partial charge in [-0.15, -0.1) is 0 Å². The zero-order valence-electron chi connectivity index (χ0n) is 10.5. The van der Waals surface area contributed by atoms with Gasteiger partial charge in [-0.3, -0.25) is 4.90 Å². The van der Waals surface area contributed by atoms with E-state index >= 15 is 0 Å². The highest BCUT2D eigenvalue weighted by Crippen LogP contribution is 2.16. The molecule has 1 N–H and O–H groups in total. The van der Waals surface area contributed by atoms with Crippen molar-refractivity contribution >= 4 is 27.7 Å². The lowest BCUT2D eigenvalue weighted by atomic mass is 10.3. The number of amides is 1. The Morgan fingerprint density at radius 3 is 2.56 bits per heavy atom. The van der Waals surface area contributed by atoms with Crippen molar-refractivity contribution in [1.29, 1.82) is 0 Å². The van der Waals surface area contributed by atoms with Crippen LogP contribution < -0.4 is 4.90 Å². The molecule has 1 aromatic carbocycles. The van der Waals surface area contributed by atoms with E-state index in [0.717, 1.165) is 5.69 Å². The van der Waals surface area contributed by atoms with Crippen molar-refractivity contribution < 1.29 is 14.6 Å². The number of rotatable bonds is 5. The van der Waals surface area contributed by atoms with Gasteiger partial charge < -0.3 is 9.84 Å². The summed E-state index contributed by atoms with van der Waals surface area (Å²) in [6.45, 7) is 4.22. The van der Waals surface area contributed by atoms with Crippen LogP contribution in [0.5, 0.6) is 0 Å². The molecule has 0 saturated carbocycles. The summed E-state index contributed by atoms with van der Waals surface area (Å²) >= 11 is 3.30. The Balaban J connectivity index is 2.63. The highest BCUT2D eigenvalue weighted by molar-refractivity contribution is 9.09. The number of carbonyl (C=O) groups excluding carboxylic acids is 1. The molecule has 0 heterocycles. The number of anilines is 1. The van der Waals surface area contributed by atoms with Crippen LogP contribution in [0.15, 0.2) is 30.3 Å². The molecule has 0 aliphatic heterocycles. The first kappa shape index (κ1) is 15.0. The number of hydrogen-bond acceptors (Lipinski definition) is 3. The Labute approximate surface area is 116 Å². The van der Waals surface area contributed by atoms with Gasteiger partial charge in [0.25, 0.3) is 0 Å². The first-order chi connectivity index (χ1) is 8.54. The van der Waals surface area contributed by atoms with Gasteiger partial charge >= 0.3 is 6.09 Å². The molecule has 1 amide bonds. The Morgan fingerprint density at radius 1 is 1.44 bits per heavy atom. The first-order valence-electron chi connectivity index (χ1n) is 5.90. The van der Waals surface area contributed by atoms with Gasteiger partial charge in [0.2, 0.25) is 6.29 Å². The molecule has 5 heteroatoms. The predicted octanol–water partition coefficient (Wildman–Crippen LogP) is 3.14. The molecular formula is C13H18BrNO3. The van der Waals surface area contributed by atoms with E-state index < -0.39 is 12.4 Å². The fraction of sp³-hybridized carbons (Fsp3) is 0.462. The second-order valence-electron chi connectivity index (χ2n) is 3.93. The minimum atomic E-state index is -1.09. The monoisotopic (exact) mass is 315 g/mol. The van der Waals surface area contributed by atoms with Gasteiger partial charge in [0.15, 0.2) is 0 Å². The second kappa shape index (κ2) is 7.38. The van der Waals surface area contributed by atoms with Crippen LogP contribution in [0.3, 0.4) is 0 Å². The summed E-state index contributed by atoms with van der Waals surface area (Å²) in [6.07, 6.45) is -1.27. The Hall–Kier alpha value is -1.07. The van der Waals surface area contributed by atoms with E-state index in [9.17, 15) is 9.90 Å². The summed E-state index contributed by atoms with van der Waals surface area (Å²) in [4.78, 5) is 13.5. The number of para-hydroxylation sites is 1. The van der Waals surface area contributed by atoms with Crippen LogP contribution >= 0.6 is 15.9 Å². The second-order valence-corrected chi connectivity index (χ2v) is 5.50. The predicted molar refractivity (Wildman–Crippen MR) is 75.0 cm³/mol. The third-order valence-electron chi connectivity index (χ3n) is 2.37. The lowest BCUT2D eigenvalue weighted by Crippen LogP contribution is -2.34. The van der Waals surface area contributed by atoms with Gasteiger partial charge in [0.05, 0.1) is 0 Å². The lowest BCUT2D eigenvalue weighted by Gasteiger charge is -2.22. The summed E-state index contributed by atoms with van der Waals surface area (Å²) in [5.41, 5.74) is 0.754. The minimum absolute atomic E-state index is 0.0899. The number of aliphatic hydroxyl groups excluding tert-OH is 1. The molecule has 0 aliphatic carbocycles. The maximum Gasteiger partial charge on any atom is 0.416 e. The van der Waals surface area contributed by atoms with E-state index in [4.69, 9.17) is 4.74 Å². The summed E-state index contributed by atoms with van der Waals surface area (Å²) < 4.78 is 4.98. The average Bonchev–Trinajstić information content (AvgIpc) is 2.29. The third-order valence-corrected chi connectivity index (χ3v) is 2.74. The van der Waals surface area contributed by atoms with Gasteiger partial charge in [-0.05, 0) is 19.1 Å². The molecule has 1 aromatic rings. The Bertz CT molecular complexity index is 370. The van der Waals surface area contributed by atoms with Crippen LogP contribution in [0.25, 0.3) is 0 Å². The molecule has 1 rings (SSSR count). The van der Waals surface area contributed by atoms with Gasteiger partial charge in [0.1, 0.15) is 0 Å². The Morgan fingerprint density at radius 2 is 2.06 bits per heavy atom. The van der Waals surface area contributed by atoms with Crippen LogP contribution in [0.2, 0.25) is 0 Å². The maximum atomic E-state index is 11.9. The van der Waals surface area contributed by atoms with Crippen molar-refractivity contribution in [3.05, 3.63) is 30.3 Å². The van der Waals surface area contributed by atoms with Gasteiger partial charge in [-0.25, -0.2) is 4.79 Å². The summed E-state index contributed by atoms with van der Waals surface area (Å²) in [5.74, 6) is 0. The molecule has 0 aliphatic rings. The summed E-state index contributed by atoms with van der Waals surface area (Å²) in [6, 6.07) is 9.23. The van der Waals surface area contributed by atoms with Crippen molar-refractivity contribution in [2.24, 2.45) is 0 Å². The van der Waals surface area contributed by atoms with Gasteiger partial charge in [0, 0.05) is 23.5 Å². The number of halogens is 1. The van der Waals surface area contributed by atoms with E-state index in [2.05, 4.69) is 15.9 Å². The largest absolute Gasteiger partial charge is 0.419 e. The van der Waals surface area contributed by atoms with Crippen molar-refractivity contribution in [3.63, 3.8) is 0 Å². The van der Waals surface area contributed by atoms with Crippen LogP contribution in [0.4, 0.5) is 10.5 Å². The molecule has 100 valence electrons. The lowest BCUT2D eigenvalue weighted by molar-refractivity contribution is -0.0527. The number of aliphatic hydroxyl groups is 1. The van der Waals surface area contributed by atoms with Crippen LogP contribution in [0.1, 0.15) is 20.3 Å². The fourth-order valence-electron chi connectivity index (χ4n) is 1.53. The van der Waals surface area contributed by atoms with Crippen molar-refractivity contribution in [3.8, 4) is 0 Å². The van der Waals surface area contributed by atoms with Crippen molar-refractivity contribution in [2.75, 3.05) is 11.4 Å². The van der Waals surface area contributed by atoms with Gasteiger partial charge in [-0.1, -0.05) is 41.1 Å². The third kappa shape index (κ3) is 4.66. The molecule has 0 aromatic heterocycles. The molecular weight excluding hydrogens is 298 g/mol. The molecule has 0 radical (unpaired) electrons. The SMILES string of the molecule is CCN(C(=O)OC(O)CC(C)Br)c1ccccc1. The molecule has 0 saturated heterocycles. The van der Waals surface area contributed by atoms with Crippen LogP contribution in [-0.2, 0) is 4.74 Å². The molecule has 2 atom stereocenters. The smallest absolute Gasteiger partial charge is 0.416 e. The molecule has 4 nitrogen and oxygen atoms in total. The number of carbonyl (C=O) groups is 1. The van der Waals surface area contributed by atoms with E-state index in [1.165, 1.54) is 4.90 Å².